The quantitative estimate of drug-likeness (QED) is 0.654. The number of halogens is 3. The fourth-order valence-corrected chi connectivity index (χ4v) is 2.04. The smallest absolute Gasteiger partial charge is 0.138 e. The van der Waals surface area contributed by atoms with E-state index >= 15 is 0 Å². The number of aromatic nitrogens is 1. The van der Waals surface area contributed by atoms with Crippen LogP contribution in [0.1, 0.15) is 0 Å². The van der Waals surface area contributed by atoms with Crippen molar-refractivity contribution >= 4 is 49.9 Å². The lowest BCUT2D eigenvalue weighted by atomic mass is 10.2. The molecular formula is C9H4BrCl2N. The van der Waals surface area contributed by atoms with E-state index in [1.807, 2.05) is 18.2 Å². The van der Waals surface area contributed by atoms with Crippen molar-refractivity contribution < 1.29 is 0 Å². The van der Waals surface area contributed by atoms with E-state index in [9.17, 15) is 0 Å². The van der Waals surface area contributed by atoms with Gasteiger partial charge in [0.25, 0.3) is 0 Å². The normalized spacial score (nSPS) is 10.7. The summed E-state index contributed by atoms with van der Waals surface area (Å²) < 4.78 is 0.998. The van der Waals surface area contributed by atoms with E-state index in [0.717, 1.165) is 15.2 Å². The topological polar surface area (TPSA) is 12.9 Å². The van der Waals surface area contributed by atoms with Gasteiger partial charge in [0.1, 0.15) is 10.3 Å². The first-order chi connectivity index (χ1) is 6.16. The molecule has 66 valence electrons. The second kappa shape index (κ2) is 3.45. The summed E-state index contributed by atoms with van der Waals surface area (Å²) >= 11 is 15.0. The molecule has 0 aliphatic carbocycles. The molecule has 0 bridgehead atoms. The number of nitrogens with zero attached hydrogens (tertiary/aromatic N) is 1. The third-order valence-corrected chi connectivity index (χ3v) is 2.69. The van der Waals surface area contributed by atoms with Crippen molar-refractivity contribution in [1.82, 2.24) is 4.98 Å². The van der Waals surface area contributed by atoms with Crippen molar-refractivity contribution in [2.45, 2.75) is 0 Å². The molecule has 0 spiro atoms. The monoisotopic (exact) mass is 275 g/mol. The van der Waals surface area contributed by atoms with Crippen LogP contribution in [-0.4, -0.2) is 4.98 Å². The molecule has 1 heterocycles. The lowest BCUT2D eigenvalue weighted by Crippen LogP contribution is -1.80. The first-order valence-electron chi connectivity index (χ1n) is 3.58. The van der Waals surface area contributed by atoms with E-state index in [1.165, 1.54) is 0 Å². The van der Waals surface area contributed by atoms with E-state index in [-0.39, 0.29) is 0 Å². The number of rotatable bonds is 0. The first kappa shape index (κ1) is 9.25. The van der Waals surface area contributed by atoms with Crippen LogP contribution in [0.15, 0.2) is 28.7 Å². The van der Waals surface area contributed by atoms with Crippen molar-refractivity contribution in [3.8, 4) is 0 Å². The van der Waals surface area contributed by atoms with E-state index in [0.29, 0.717) is 10.3 Å². The van der Waals surface area contributed by atoms with E-state index in [2.05, 4.69) is 20.9 Å². The van der Waals surface area contributed by atoms with Crippen LogP contribution in [0.3, 0.4) is 0 Å². The Morgan fingerprint density at radius 3 is 2.69 bits per heavy atom. The lowest BCUT2D eigenvalue weighted by molar-refractivity contribution is 1.36. The molecule has 0 radical (unpaired) electrons. The van der Waals surface area contributed by atoms with Gasteiger partial charge in [-0.1, -0.05) is 45.2 Å². The molecule has 0 aliphatic rings. The van der Waals surface area contributed by atoms with Crippen molar-refractivity contribution in [2.24, 2.45) is 0 Å². The highest BCUT2D eigenvalue weighted by molar-refractivity contribution is 9.10. The minimum Gasteiger partial charge on any atom is -0.224 e. The van der Waals surface area contributed by atoms with Crippen LogP contribution in [0, 0.1) is 0 Å². The highest BCUT2D eigenvalue weighted by atomic mass is 79.9. The first-order valence-corrected chi connectivity index (χ1v) is 5.13. The van der Waals surface area contributed by atoms with E-state index < -0.39 is 0 Å². The summed E-state index contributed by atoms with van der Waals surface area (Å²) in [6.45, 7) is 0. The zero-order valence-electron chi connectivity index (χ0n) is 6.39. The zero-order valence-corrected chi connectivity index (χ0v) is 9.49. The van der Waals surface area contributed by atoms with Gasteiger partial charge in [0.15, 0.2) is 0 Å². The third kappa shape index (κ3) is 1.80. The summed E-state index contributed by atoms with van der Waals surface area (Å²) in [7, 11) is 0. The lowest BCUT2D eigenvalue weighted by Gasteiger charge is -2.00. The van der Waals surface area contributed by atoms with Crippen molar-refractivity contribution in [2.75, 3.05) is 0 Å². The molecule has 4 heteroatoms. The number of benzene rings is 1. The number of pyridine rings is 1. The van der Waals surface area contributed by atoms with Gasteiger partial charge in [-0.25, -0.2) is 4.98 Å². The second-order valence-corrected chi connectivity index (χ2v) is 4.26. The molecule has 1 aromatic carbocycles. The number of hydrogen-bond acceptors (Lipinski definition) is 1. The Labute approximate surface area is 93.8 Å². The van der Waals surface area contributed by atoms with Gasteiger partial charge in [0, 0.05) is 9.86 Å². The summed E-state index contributed by atoms with van der Waals surface area (Å²) in [6, 6.07) is 7.57. The van der Waals surface area contributed by atoms with Crippen LogP contribution in [-0.2, 0) is 0 Å². The van der Waals surface area contributed by atoms with Crippen molar-refractivity contribution in [3.63, 3.8) is 0 Å². The fourth-order valence-electron chi connectivity index (χ4n) is 1.16. The molecule has 2 aromatic rings. The average molecular weight is 277 g/mol. The maximum atomic E-state index is 5.90. The van der Waals surface area contributed by atoms with Crippen molar-refractivity contribution in [1.29, 1.82) is 0 Å². The minimum atomic E-state index is 0.413. The summed E-state index contributed by atoms with van der Waals surface area (Å²) in [5.41, 5.74) is 0. The SMILES string of the molecule is Clc1cc2cc(Br)ccc2c(Cl)n1. The Kier molecular flexibility index (Phi) is 2.45. The summed E-state index contributed by atoms with van der Waals surface area (Å²) in [5, 5.41) is 2.75. The van der Waals surface area contributed by atoms with Crippen LogP contribution in [0.5, 0.6) is 0 Å². The van der Waals surface area contributed by atoms with E-state index in [4.69, 9.17) is 23.2 Å². The Morgan fingerprint density at radius 1 is 1.15 bits per heavy atom. The maximum Gasteiger partial charge on any atom is 0.138 e. The second-order valence-electron chi connectivity index (χ2n) is 2.60. The molecule has 1 aromatic heterocycles. The van der Waals surface area contributed by atoms with Gasteiger partial charge in [-0.3, -0.25) is 0 Å². The molecule has 0 saturated carbocycles. The van der Waals surface area contributed by atoms with Crippen LogP contribution in [0.2, 0.25) is 10.3 Å². The minimum absolute atomic E-state index is 0.413. The van der Waals surface area contributed by atoms with Gasteiger partial charge in [-0.05, 0) is 23.6 Å². The Bertz CT molecular complexity index is 465. The Balaban J connectivity index is 2.86. The number of fused-ring (bicyclic) bond motifs is 1. The Hall–Kier alpha value is -0.310. The maximum absolute atomic E-state index is 5.90. The summed E-state index contributed by atoms with van der Waals surface area (Å²) in [6.07, 6.45) is 0. The van der Waals surface area contributed by atoms with Crippen LogP contribution < -0.4 is 0 Å². The highest BCUT2D eigenvalue weighted by Crippen LogP contribution is 2.26. The van der Waals surface area contributed by atoms with E-state index in [1.54, 1.807) is 6.07 Å². The predicted octanol–water partition coefficient (Wildman–Crippen LogP) is 4.30. The molecule has 0 N–H and O–H groups in total. The van der Waals surface area contributed by atoms with Gasteiger partial charge in [0.2, 0.25) is 0 Å². The standard InChI is InChI=1S/C9H4BrCl2N/c10-6-1-2-7-5(3-6)4-8(11)13-9(7)12/h1-4H. The molecule has 0 unspecified atom stereocenters. The van der Waals surface area contributed by atoms with Crippen LogP contribution in [0.4, 0.5) is 0 Å². The highest BCUT2D eigenvalue weighted by Gasteiger charge is 2.02. The molecule has 2 rings (SSSR count). The molecule has 0 atom stereocenters. The predicted molar refractivity (Wildman–Crippen MR) is 59.5 cm³/mol. The molecule has 1 nitrogen and oxygen atoms in total. The third-order valence-electron chi connectivity index (χ3n) is 1.72. The van der Waals surface area contributed by atoms with Gasteiger partial charge >= 0.3 is 0 Å². The molecule has 13 heavy (non-hydrogen) atoms. The largest absolute Gasteiger partial charge is 0.224 e. The van der Waals surface area contributed by atoms with Crippen molar-refractivity contribution in [3.05, 3.63) is 39.0 Å². The van der Waals surface area contributed by atoms with Gasteiger partial charge < -0.3 is 0 Å². The summed E-state index contributed by atoms with van der Waals surface area (Å²) in [4.78, 5) is 3.95. The average Bonchev–Trinajstić information content (AvgIpc) is 2.02. The van der Waals surface area contributed by atoms with Gasteiger partial charge in [0.05, 0.1) is 0 Å². The molecule has 0 amide bonds. The van der Waals surface area contributed by atoms with Gasteiger partial charge in [-0.15, -0.1) is 0 Å². The molecule has 0 saturated heterocycles. The zero-order chi connectivity index (χ0) is 9.42. The van der Waals surface area contributed by atoms with Crippen LogP contribution in [0.25, 0.3) is 10.8 Å². The van der Waals surface area contributed by atoms with Crippen LogP contribution >= 0.6 is 39.1 Å². The summed E-state index contributed by atoms with van der Waals surface area (Å²) in [5.74, 6) is 0. The Morgan fingerprint density at radius 2 is 1.92 bits per heavy atom. The fraction of sp³-hybridized carbons (Fsp3) is 0. The molecule has 0 fully saturated rings. The number of hydrogen-bond donors (Lipinski definition) is 0. The molecular weight excluding hydrogens is 273 g/mol. The molecule has 0 aliphatic heterocycles. The van der Waals surface area contributed by atoms with Gasteiger partial charge in [-0.2, -0.15) is 0 Å².